The second-order valence-electron chi connectivity index (χ2n) is 3.72. The fourth-order valence-corrected chi connectivity index (χ4v) is 1.94. The zero-order chi connectivity index (χ0) is 9.52. The van der Waals surface area contributed by atoms with E-state index >= 15 is 0 Å². The van der Waals surface area contributed by atoms with Crippen molar-refractivity contribution in [2.24, 2.45) is 5.92 Å². The minimum absolute atomic E-state index is 0.116. The third-order valence-electron chi connectivity index (χ3n) is 2.64. The first-order chi connectivity index (χ1) is 6.33. The van der Waals surface area contributed by atoms with Crippen LogP contribution in [0.15, 0.2) is 0 Å². The molecule has 0 heterocycles. The number of nitrogens with one attached hydrogen (secondary N) is 1. The van der Waals surface area contributed by atoms with E-state index < -0.39 is 0 Å². The summed E-state index contributed by atoms with van der Waals surface area (Å²) in [5.41, 5.74) is 0. The Hall–Kier alpha value is -1.04. The molecule has 0 unspecified atom stereocenters. The van der Waals surface area contributed by atoms with Crippen molar-refractivity contribution in [1.29, 1.82) is 5.26 Å². The topological polar surface area (TPSA) is 52.9 Å². The molecule has 0 aromatic rings. The molecule has 1 rings (SSSR count). The van der Waals surface area contributed by atoms with Crippen molar-refractivity contribution in [3.05, 3.63) is 0 Å². The molecule has 3 heteroatoms. The van der Waals surface area contributed by atoms with E-state index in [9.17, 15) is 4.79 Å². The predicted octanol–water partition coefficient (Wildman–Crippen LogP) is 1.94. The van der Waals surface area contributed by atoms with Crippen LogP contribution >= 0.6 is 0 Å². The molecule has 0 radical (unpaired) electrons. The van der Waals surface area contributed by atoms with Crippen LogP contribution in [0.5, 0.6) is 0 Å². The molecule has 1 saturated carbocycles. The van der Waals surface area contributed by atoms with Crippen molar-refractivity contribution in [3.63, 3.8) is 0 Å². The summed E-state index contributed by atoms with van der Waals surface area (Å²) in [5.74, 6) is 0.394. The smallest absolute Gasteiger partial charge is 0.233 e. The summed E-state index contributed by atoms with van der Waals surface area (Å²) in [6, 6.07) is 0. The van der Waals surface area contributed by atoms with E-state index in [1.54, 1.807) is 6.19 Å². The Labute approximate surface area is 79.1 Å². The van der Waals surface area contributed by atoms with E-state index in [2.05, 4.69) is 5.32 Å². The molecular weight excluding hydrogens is 164 g/mol. The highest BCUT2D eigenvalue weighted by Gasteiger charge is 2.15. The van der Waals surface area contributed by atoms with Gasteiger partial charge in [0.1, 0.15) is 0 Å². The van der Waals surface area contributed by atoms with E-state index in [1.807, 2.05) is 0 Å². The zero-order valence-electron chi connectivity index (χ0n) is 7.88. The van der Waals surface area contributed by atoms with Gasteiger partial charge in [-0.05, 0) is 18.8 Å². The van der Waals surface area contributed by atoms with Gasteiger partial charge in [0, 0.05) is 6.42 Å². The van der Waals surface area contributed by atoms with E-state index in [4.69, 9.17) is 5.26 Å². The lowest BCUT2D eigenvalue weighted by Crippen LogP contribution is -2.20. The summed E-state index contributed by atoms with van der Waals surface area (Å²) in [5, 5.41) is 10.4. The van der Waals surface area contributed by atoms with Crippen LogP contribution in [0.2, 0.25) is 0 Å². The van der Waals surface area contributed by atoms with Crippen molar-refractivity contribution >= 4 is 5.91 Å². The minimum Gasteiger partial charge on any atom is -0.274 e. The van der Waals surface area contributed by atoms with Gasteiger partial charge in [-0.1, -0.05) is 25.7 Å². The van der Waals surface area contributed by atoms with Gasteiger partial charge in [0.2, 0.25) is 5.91 Å². The highest BCUT2D eigenvalue weighted by atomic mass is 16.1. The number of hydrogen-bond acceptors (Lipinski definition) is 2. The molecule has 72 valence electrons. The van der Waals surface area contributed by atoms with Gasteiger partial charge >= 0.3 is 0 Å². The average Bonchev–Trinajstić information content (AvgIpc) is 2.33. The van der Waals surface area contributed by atoms with Crippen LogP contribution in [-0.4, -0.2) is 5.91 Å². The highest BCUT2D eigenvalue weighted by Crippen LogP contribution is 2.25. The van der Waals surface area contributed by atoms with Gasteiger partial charge in [0.05, 0.1) is 0 Å². The molecule has 1 fully saturated rings. The molecular formula is C10H16N2O. The molecule has 1 aliphatic carbocycles. The Bertz CT molecular complexity index is 199. The number of nitriles is 1. The molecule has 1 amide bonds. The molecule has 0 saturated heterocycles. The second-order valence-corrected chi connectivity index (χ2v) is 3.72. The SMILES string of the molecule is N#CNC(=O)CC1CCCCCC1. The van der Waals surface area contributed by atoms with Crippen LogP contribution in [0, 0.1) is 17.4 Å². The normalized spacial score (nSPS) is 18.7. The molecule has 0 aromatic carbocycles. The predicted molar refractivity (Wildman–Crippen MR) is 49.6 cm³/mol. The quantitative estimate of drug-likeness (QED) is 0.401. The number of carbonyl (C=O) groups is 1. The van der Waals surface area contributed by atoms with Gasteiger partial charge in [0.15, 0.2) is 6.19 Å². The maximum atomic E-state index is 11.1. The van der Waals surface area contributed by atoms with Crippen LogP contribution in [0.1, 0.15) is 44.9 Å². The summed E-state index contributed by atoms with van der Waals surface area (Å²) >= 11 is 0. The molecule has 3 nitrogen and oxygen atoms in total. The monoisotopic (exact) mass is 180 g/mol. The Morgan fingerprint density at radius 1 is 1.31 bits per heavy atom. The van der Waals surface area contributed by atoms with Crippen LogP contribution in [-0.2, 0) is 4.79 Å². The van der Waals surface area contributed by atoms with Crippen molar-refractivity contribution in [2.75, 3.05) is 0 Å². The van der Waals surface area contributed by atoms with Crippen molar-refractivity contribution in [3.8, 4) is 6.19 Å². The van der Waals surface area contributed by atoms with Crippen molar-refractivity contribution < 1.29 is 4.79 Å². The number of rotatable bonds is 2. The molecule has 0 bridgehead atoms. The maximum absolute atomic E-state index is 11.1. The first-order valence-corrected chi connectivity index (χ1v) is 5.01. The highest BCUT2D eigenvalue weighted by molar-refractivity contribution is 5.77. The molecule has 13 heavy (non-hydrogen) atoms. The maximum Gasteiger partial charge on any atom is 0.233 e. The zero-order valence-corrected chi connectivity index (χ0v) is 7.88. The van der Waals surface area contributed by atoms with E-state index in [-0.39, 0.29) is 5.91 Å². The van der Waals surface area contributed by atoms with Crippen LogP contribution in [0.25, 0.3) is 0 Å². The molecule has 0 aromatic heterocycles. The number of amides is 1. The summed E-state index contributed by atoms with van der Waals surface area (Å²) in [4.78, 5) is 11.1. The Morgan fingerprint density at radius 2 is 1.92 bits per heavy atom. The first-order valence-electron chi connectivity index (χ1n) is 5.01. The summed E-state index contributed by atoms with van der Waals surface area (Å²) in [6.07, 6.45) is 9.60. The second kappa shape index (κ2) is 5.58. The van der Waals surface area contributed by atoms with Crippen LogP contribution < -0.4 is 5.32 Å². The molecule has 1 N–H and O–H groups in total. The Kier molecular flexibility index (Phi) is 4.31. The van der Waals surface area contributed by atoms with E-state index in [0.29, 0.717) is 12.3 Å². The summed E-state index contributed by atoms with van der Waals surface area (Å²) in [7, 11) is 0. The average molecular weight is 180 g/mol. The largest absolute Gasteiger partial charge is 0.274 e. The van der Waals surface area contributed by atoms with E-state index in [1.165, 1.54) is 25.7 Å². The molecule has 0 atom stereocenters. The lowest BCUT2D eigenvalue weighted by molar-refractivity contribution is -0.121. The minimum atomic E-state index is -0.116. The van der Waals surface area contributed by atoms with Gasteiger partial charge in [-0.2, -0.15) is 5.26 Å². The van der Waals surface area contributed by atoms with Gasteiger partial charge in [-0.3, -0.25) is 10.1 Å². The van der Waals surface area contributed by atoms with Crippen LogP contribution in [0.3, 0.4) is 0 Å². The fourth-order valence-electron chi connectivity index (χ4n) is 1.94. The Morgan fingerprint density at radius 3 is 2.46 bits per heavy atom. The summed E-state index contributed by atoms with van der Waals surface area (Å²) in [6.45, 7) is 0. The van der Waals surface area contributed by atoms with Crippen molar-refractivity contribution in [2.45, 2.75) is 44.9 Å². The van der Waals surface area contributed by atoms with Gasteiger partial charge < -0.3 is 0 Å². The Balaban J connectivity index is 2.26. The lowest BCUT2D eigenvalue weighted by atomic mass is 9.96. The van der Waals surface area contributed by atoms with Crippen molar-refractivity contribution in [1.82, 2.24) is 5.32 Å². The summed E-state index contributed by atoms with van der Waals surface area (Å²) < 4.78 is 0. The standard InChI is InChI=1S/C10H16N2O/c11-8-12-10(13)7-9-5-3-1-2-4-6-9/h9H,1-7H2,(H,12,13). The molecule has 1 aliphatic rings. The molecule has 0 spiro atoms. The third-order valence-corrected chi connectivity index (χ3v) is 2.64. The molecule has 0 aliphatic heterocycles. The first kappa shape index (κ1) is 10.0. The number of nitrogens with zero attached hydrogens (tertiary/aromatic N) is 1. The number of carbonyl (C=O) groups excluding carboxylic acids is 1. The van der Waals surface area contributed by atoms with Gasteiger partial charge in [0.25, 0.3) is 0 Å². The van der Waals surface area contributed by atoms with Gasteiger partial charge in [-0.15, -0.1) is 0 Å². The third kappa shape index (κ3) is 3.93. The lowest BCUT2D eigenvalue weighted by Gasteiger charge is -2.11. The van der Waals surface area contributed by atoms with E-state index in [0.717, 1.165) is 12.8 Å². The van der Waals surface area contributed by atoms with Gasteiger partial charge in [-0.25, -0.2) is 0 Å². The van der Waals surface area contributed by atoms with Crippen LogP contribution in [0.4, 0.5) is 0 Å². The fraction of sp³-hybridized carbons (Fsp3) is 0.800. The number of hydrogen-bond donors (Lipinski definition) is 1.